The topological polar surface area (TPSA) is 38.8 Å². The second-order valence-electron chi connectivity index (χ2n) is 6.12. The molecule has 0 aliphatic rings. The van der Waals surface area contributed by atoms with Crippen molar-refractivity contribution >= 4 is 11.8 Å². The molecular weight excluding hydrogens is 302 g/mol. The van der Waals surface area contributed by atoms with Crippen LogP contribution in [0.5, 0.6) is 5.75 Å². The number of anilines is 1. The van der Waals surface area contributed by atoms with Crippen LogP contribution >= 0.6 is 0 Å². The summed E-state index contributed by atoms with van der Waals surface area (Å²) in [6.07, 6.45) is -0.518. The van der Waals surface area contributed by atoms with Gasteiger partial charge in [0.15, 0.2) is 0 Å². The third-order valence-corrected chi connectivity index (χ3v) is 2.99. The number of carbonyl (C=O) groups excluding carboxylic acids is 1. The molecule has 0 saturated heterocycles. The van der Waals surface area contributed by atoms with Crippen molar-refractivity contribution in [2.24, 2.45) is 0 Å². The third kappa shape index (κ3) is 5.06. The van der Waals surface area contributed by atoms with Crippen molar-refractivity contribution in [1.82, 2.24) is 0 Å². The predicted molar refractivity (Wildman–Crippen MR) is 95.0 cm³/mol. The van der Waals surface area contributed by atoms with Gasteiger partial charge in [-0.15, -0.1) is 0 Å². The molecule has 2 rings (SSSR count). The molecule has 2 aromatic rings. The van der Waals surface area contributed by atoms with E-state index in [0.29, 0.717) is 11.4 Å². The number of benzene rings is 2. The van der Waals surface area contributed by atoms with Gasteiger partial charge in [0, 0.05) is 11.6 Å². The van der Waals surface area contributed by atoms with Gasteiger partial charge in [-0.1, -0.05) is 18.2 Å². The molecular formula is C20H21NO3. The highest BCUT2D eigenvalue weighted by Crippen LogP contribution is 2.21. The third-order valence-electron chi connectivity index (χ3n) is 2.99. The Morgan fingerprint density at radius 1 is 1.00 bits per heavy atom. The number of rotatable bonds is 2. The fourth-order valence-electron chi connectivity index (χ4n) is 1.90. The molecule has 0 aliphatic carbocycles. The molecule has 0 fully saturated rings. The molecule has 2 aromatic carbocycles. The van der Waals surface area contributed by atoms with Crippen molar-refractivity contribution in [3.05, 3.63) is 60.2 Å². The first-order valence-electron chi connectivity index (χ1n) is 7.63. The van der Waals surface area contributed by atoms with Crippen LogP contribution in [0, 0.1) is 12.0 Å². The Labute approximate surface area is 143 Å². The molecule has 0 heterocycles. The van der Waals surface area contributed by atoms with Crippen LogP contribution in [0.2, 0.25) is 0 Å². The smallest absolute Gasteiger partial charge is 0.426 e. The second kappa shape index (κ2) is 7.56. The summed E-state index contributed by atoms with van der Waals surface area (Å²) in [4.78, 5) is 13.8. The van der Waals surface area contributed by atoms with E-state index >= 15 is 0 Å². The molecule has 0 aromatic heterocycles. The van der Waals surface area contributed by atoms with E-state index in [1.165, 1.54) is 4.90 Å². The van der Waals surface area contributed by atoms with Gasteiger partial charge >= 0.3 is 6.09 Å². The Balaban J connectivity index is 2.33. The number of methoxy groups -OCH3 is 1. The predicted octanol–water partition coefficient (Wildman–Crippen LogP) is 4.45. The molecule has 1 amide bonds. The fourth-order valence-corrected chi connectivity index (χ4v) is 1.90. The highest BCUT2D eigenvalue weighted by molar-refractivity contribution is 5.91. The summed E-state index contributed by atoms with van der Waals surface area (Å²) in [6.45, 7) is 5.46. The van der Waals surface area contributed by atoms with Gasteiger partial charge in [0.2, 0.25) is 0 Å². The Hall–Kier alpha value is -2.93. The van der Waals surface area contributed by atoms with Crippen molar-refractivity contribution in [1.29, 1.82) is 0 Å². The van der Waals surface area contributed by atoms with Crippen molar-refractivity contribution < 1.29 is 14.3 Å². The van der Waals surface area contributed by atoms with E-state index < -0.39 is 11.7 Å². The lowest BCUT2D eigenvalue weighted by Gasteiger charge is -2.23. The molecule has 0 N–H and O–H groups in total. The number of carbonyl (C=O) groups is 1. The van der Waals surface area contributed by atoms with Crippen molar-refractivity contribution in [2.45, 2.75) is 26.4 Å². The van der Waals surface area contributed by atoms with E-state index in [2.05, 4.69) is 12.0 Å². The molecule has 124 valence electrons. The van der Waals surface area contributed by atoms with Crippen LogP contribution in [0.1, 0.15) is 26.3 Å². The van der Waals surface area contributed by atoms with E-state index in [9.17, 15) is 4.79 Å². The van der Waals surface area contributed by atoms with Crippen molar-refractivity contribution in [3.63, 3.8) is 0 Å². The summed E-state index contributed by atoms with van der Waals surface area (Å²) in [5.41, 5.74) is 0.837. The Kier molecular flexibility index (Phi) is 5.49. The summed E-state index contributed by atoms with van der Waals surface area (Å²) in [5.74, 6) is 3.69. The van der Waals surface area contributed by atoms with Crippen LogP contribution in [-0.2, 0) is 4.74 Å². The van der Waals surface area contributed by atoms with Crippen molar-refractivity contribution in [2.75, 3.05) is 12.0 Å². The number of hydrogen-bond donors (Lipinski definition) is 0. The van der Waals surface area contributed by atoms with Gasteiger partial charge in [0.25, 0.3) is 0 Å². The molecule has 4 heteroatoms. The maximum absolute atomic E-state index is 12.5. The molecule has 0 radical (unpaired) electrons. The lowest BCUT2D eigenvalue weighted by atomic mass is 10.2. The average Bonchev–Trinajstić information content (AvgIpc) is 2.55. The minimum Gasteiger partial charge on any atom is -0.497 e. The maximum Gasteiger partial charge on any atom is 0.426 e. The Morgan fingerprint density at radius 2 is 1.62 bits per heavy atom. The monoisotopic (exact) mass is 323 g/mol. The van der Waals surface area contributed by atoms with Gasteiger partial charge in [-0.2, -0.15) is 0 Å². The standard InChI is InChI=1S/C20H21NO3/c1-20(2,3)24-19(22)21(15-14-16-8-6-5-7-9-16)17-10-12-18(23-4)13-11-17/h5-13H,1-4H3. The SMILES string of the molecule is COc1ccc(N(C#Cc2ccccc2)C(=O)OC(C)(C)C)cc1. The molecule has 24 heavy (non-hydrogen) atoms. The van der Waals surface area contributed by atoms with Crippen LogP contribution < -0.4 is 9.64 Å². The molecule has 0 saturated carbocycles. The van der Waals surface area contributed by atoms with Crippen LogP contribution in [0.15, 0.2) is 54.6 Å². The van der Waals surface area contributed by atoms with E-state index in [-0.39, 0.29) is 0 Å². The zero-order valence-electron chi connectivity index (χ0n) is 14.4. The minimum atomic E-state index is -0.601. The molecule has 0 spiro atoms. The highest BCUT2D eigenvalue weighted by atomic mass is 16.6. The lowest BCUT2D eigenvalue weighted by Crippen LogP contribution is -2.33. The normalized spacial score (nSPS) is 10.3. The van der Waals surface area contributed by atoms with Gasteiger partial charge in [-0.3, -0.25) is 0 Å². The number of amides is 1. The zero-order chi connectivity index (χ0) is 17.6. The molecule has 0 unspecified atom stereocenters. The first-order chi connectivity index (χ1) is 11.4. The number of nitrogens with zero attached hydrogens (tertiary/aromatic N) is 1. The molecule has 4 nitrogen and oxygen atoms in total. The maximum atomic E-state index is 12.5. The van der Waals surface area contributed by atoms with Crippen LogP contribution in [0.3, 0.4) is 0 Å². The first-order valence-corrected chi connectivity index (χ1v) is 7.63. The number of ether oxygens (including phenoxy) is 2. The molecule has 0 aliphatic heterocycles. The fraction of sp³-hybridized carbons (Fsp3) is 0.250. The second-order valence-corrected chi connectivity index (χ2v) is 6.12. The van der Waals surface area contributed by atoms with E-state index in [1.54, 1.807) is 31.4 Å². The van der Waals surface area contributed by atoms with Gasteiger partial charge < -0.3 is 9.47 Å². The average molecular weight is 323 g/mol. The van der Waals surface area contributed by atoms with Crippen LogP contribution in [0.4, 0.5) is 10.5 Å². The minimum absolute atomic E-state index is 0.518. The van der Waals surface area contributed by atoms with Crippen molar-refractivity contribution in [3.8, 4) is 17.7 Å². The Morgan fingerprint density at radius 3 is 2.17 bits per heavy atom. The summed E-state index contributed by atoms with van der Waals surface area (Å²) < 4.78 is 10.6. The van der Waals surface area contributed by atoms with Gasteiger partial charge in [0.1, 0.15) is 11.4 Å². The summed E-state index contributed by atoms with van der Waals surface area (Å²) >= 11 is 0. The lowest BCUT2D eigenvalue weighted by molar-refractivity contribution is 0.0600. The van der Waals surface area contributed by atoms with Gasteiger partial charge in [0.05, 0.1) is 12.8 Å². The molecule has 0 bridgehead atoms. The Bertz CT molecular complexity index is 734. The van der Waals surface area contributed by atoms with Crippen LogP contribution in [0.25, 0.3) is 0 Å². The van der Waals surface area contributed by atoms with E-state index in [1.807, 2.05) is 51.1 Å². The highest BCUT2D eigenvalue weighted by Gasteiger charge is 2.22. The van der Waals surface area contributed by atoms with Gasteiger partial charge in [-0.25, -0.2) is 9.69 Å². The summed E-state index contributed by atoms with van der Waals surface area (Å²) in [6, 6.07) is 19.4. The summed E-state index contributed by atoms with van der Waals surface area (Å²) in [5, 5.41) is 0. The van der Waals surface area contributed by atoms with E-state index in [0.717, 1.165) is 5.56 Å². The molecule has 0 atom stereocenters. The van der Waals surface area contributed by atoms with Gasteiger partial charge in [-0.05, 0) is 63.1 Å². The van der Waals surface area contributed by atoms with E-state index in [4.69, 9.17) is 9.47 Å². The first kappa shape index (κ1) is 17.4. The quantitative estimate of drug-likeness (QED) is 0.605. The number of hydrogen-bond acceptors (Lipinski definition) is 3. The van der Waals surface area contributed by atoms with Crippen LogP contribution in [-0.4, -0.2) is 18.8 Å². The largest absolute Gasteiger partial charge is 0.497 e. The summed E-state index contributed by atoms with van der Waals surface area (Å²) in [7, 11) is 1.59. The zero-order valence-corrected chi connectivity index (χ0v) is 14.4.